The fraction of sp³-hybridized carbons (Fsp3) is 0.167. The SMILES string of the molecule is CC(Oc1ccc(Oc2ccc(C(F)(F)F)cc2)cc1)C(=O)OCC(=O)c1ccc(Cl)cc1. The van der Waals surface area contributed by atoms with Gasteiger partial charge in [0, 0.05) is 10.6 Å². The molecule has 0 amide bonds. The van der Waals surface area contributed by atoms with Crippen molar-refractivity contribution in [3.8, 4) is 17.2 Å². The molecule has 5 nitrogen and oxygen atoms in total. The van der Waals surface area contributed by atoms with Gasteiger partial charge in [0.15, 0.2) is 18.5 Å². The average Bonchev–Trinajstić information content (AvgIpc) is 2.78. The average molecular weight is 479 g/mol. The lowest BCUT2D eigenvalue weighted by Crippen LogP contribution is -2.28. The van der Waals surface area contributed by atoms with Crippen LogP contribution in [0.15, 0.2) is 72.8 Å². The van der Waals surface area contributed by atoms with Crippen LogP contribution < -0.4 is 9.47 Å². The largest absolute Gasteiger partial charge is 0.479 e. The van der Waals surface area contributed by atoms with E-state index in [0.717, 1.165) is 12.1 Å². The van der Waals surface area contributed by atoms with Gasteiger partial charge in [-0.1, -0.05) is 11.6 Å². The molecule has 172 valence electrons. The van der Waals surface area contributed by atoms with E-state index < -0.39 is 30.4 Å². The minimum absolute atomic E-state index is 0.235. The van der Waals surface area contributed by atoms with Crippen molar-refractivity contribution in [2.75, 3.05) is 6.61 Å². The summed E-state index contributed by atoms with van der Waals surface area (Å²) in [6.45, 7) is 1.04. The maximum atomic E-state index is 12.6. The first-order chi connectivity index (χ1) is 15.6. The Morgan fingerprint density at radius 2 is 1.36 bits per heavy atom. The number of esters is 1. The maximum absolute atomic E-state index is 12.6. The van der Waals surface area contributed by atoms with Gasteiger partial charge < -0.3 is 14.2 Å². The van der Waals surface area contributed by atoms with Gasteiger partial charge in [-0.25, -0.2) is 4.79 Å². The van der Waals surface area contributed by atoms with Gasteiger partial charge in [0.1, 0.15) is 17.2 Å². The Hall–Kier alpha value is -3.52. The standard InChI is InChI=1S/C24H18ClF3O5/c1-15(23(30)31-14-22(29)16-2-6-18(25)7-3-16)32-19-10-12-21(13-11-19)33-20-8-4-17(5-9-20)24(26,27)28/h2-13,15H,14H2,1H3. The second-order valence-corrected chi connectivity index (χ2v) is 7.33. The third-order valence-electron chi connectivity index (χ3n) is 4.40. The van der Waals surface area contributed by atoms with Crippen LogP contribution in [-0.2, 0) is 15.7 Å². The van der Waals surface area contributed by atoms with Gasteiger partial charge >= 0.3 is 12.1 Å². The number of hydrogen-bond acceptors (Lipinski definition) is 5. The predicted octanol–water partition coefficient (Wildman–Crippen LogP) is 6.34. The lowest BCUT2D eigenvalue weighted by Gasteiger charge is -2.14. The summed E-state index contributed by atoms with van der Waals surface area (Å²) in [4.78, 5) is 24.2. The lowest BCUT2D eigenvalue weighted by atomic mass is 10.1. The van der Waals surface area contributed by atoms with Crippen LogP contribution in [0.25, 0.3) is 0 Å². The summed E-state index contributed by atoms with van der Waals surface area (Å²) in [6, 6.07) is 16.6. The normalized spacial score (nSPS) is 12.0. The van der Waals surface area contributed by atoms with Gasteiger partial charge in [-0.3, -0.25) is 4.79 Å². The molecule has 0 N–H and O–H groups in total. The van der Waals surface area contributed by atoms with Crippen LogP contribution in [0, 0.1) is 0 Å². The van der Waals surface area contributed by atoms with Crippen molar-refractivity contribution in [1.29, 1.82) is 0 Å². The number of benzene rings is 3. The van der Waals surface area contributed by atoms with E-state index in [1.54, 1.807) is 12.1 Å². The van der Waals surface area contributed by atoms with Crippen molar-refractivity contribution in [2.45, 2.75) is 19.2 Å². The van der Waals surface area contributed by atoms with Crippen LogP contribution in [0.1, 0.15) is 22.8 Å². The number of carbonyl (C=O) groups is 2. The van der Waals surface area contributed by atoms with Crippen molar-refractivity contribution in [2.24, 2.45) is 0 Å². The highest BCUT2D eigenvalue weighted by atomic mass is 35.5. The van der Waals surface area contributed by atoms with Crippen molar-refractivity contribution < 1.29 is 37.0 Å². The molecule has 3 rings (SSSR count). The van der Waals surface area contributed by atoms with Gasteiger partial charge in [-0.15, -0.1) is 0 Å². The second-order valence-electron chi connectivity index (χ2n) is 6.89. The van der Waals surface area contributed by atoms with Crippen LogP contribution in [0.4, 0.5) is 13.2 Å². The molecule has 33 heavy (non-hydrogen) atoms. The molecule has 0 spiro atoms. The number of rotatable bonds is 8. The van der Waals surface area contributed by atoms with Crippen LogP contribution in [0.2, 0.25) is 5.02 Å². The molecule has 0 saturated carbocycles. The molecular weight excluding hydrogens is 461 g/mol. The third-order valence-corrected chi connectivity index (χ3v) is 4.65. The summed E-state index contributed by atoms with van der Waals surface area (Å²) in [5, 5.41) is 0.487. The molecule has 3 aromatic rings. The summed E-state index contributed by atoms with van der Waals surface area (Å²) in [7, 11) is 0. The number of ether oxygens (including phenoxy) is 3. The van der Waals surface area contributed by atoms with Crippen LogP contribution in [-0.4, -0.2) is 24.5 Å². The number of ketones is 1. The topological polar surface area (TPSA) is 61.8 Å². The van der Waals surface area contributed by atoms with Gasteiger partial charge in [-0.2, -0.15) is 13.2 Å². The summed E-state index contributed by atoms with van der Waals surface area (Å²) >= 11 is 5.77. The van der Waals surface area contributed by atoms with Gasteiger partial charge in [0.2, 0.25) is 0 Å². The zero-order chi connectivity index (χ0) is 24.0. The number of carbonyl (C=O) groups excluding carboxylic acids is 2. The van der Waals surface area contributed by atoms with Crippen molar-refractivity contribution in [1.82, 2.24) is 0 Å². The van der Waals surface area contributed by atoms with Crippen LogP contribution in [0.3, 0.4) is 0 Å². The first kappa shape index (κ1) is 24.1. The van der Waals surface area contributed by atoms with Crippen molar-refractivity contribution in [3.05, 3.63) is 88.9 Å². The molecule has 0 aliphatic rings. The van der Waals surface area contributed by atoms with Crippen LogP contribution in [0.5, 0.6) is 17.2 Å². The van der Waals surface area contributed by atoms with E-state index in [1.165, 1.54) is 55.5 Å². The third kappa shape index (κ3) is 6.98. The minimum Gasteiger partial charge on any atom is -0.479 e. The molecule has 0 aliphatic carbocycles. The fourth-order valence-corrected chi connectivity index (χ4v) is 2.79. The van der Waals surface area contributed by atoms with Gasteiger partial charge in [-0.05, 0) is 79.7 Å². The fourth-order valence-electron chi connectivity index (χ4n) is 2.66. The van der Waals surface area contributed by atoms with E-state index in [9.17, 15) is 22.8 Å². The maximum Gasteiger partial charge on any atom is 0.416 e. The number of halogens is 4. The molecule has 0 heterocycles. The Balaban J connectivity index is 1.49. The molecular formula is C24H18ClF3O5. The van der Waals surface area contributed by atoms with Crippen molar-refractivity contribution >= 4 is 23.4 Å². The van der Waals surface area contributed by atoms with Gasteiger partial charge in [0.05, 0.1) is 5.56 Å². The monoisotopic (exact) mass is 478 g/mol. The van der Waals surface area contributed by atoms with Crippen molar-refractivity contribution in [3.63, 3.8) is 0 Å². The quantitative estimate of drug-likeness (QED) is 0.279. The first-order valence-electron chi connectivity index (χ1n) is 9.69. The molecule has 9 heteroatoms. The molecule has 3 aromatic carbocycles. The molecule has 1 atom stereocenters. The summed E-state index contributed by atoms with van der Waals surface area (Å²) in [5.74, 6) is -0.160. The smallest absolute Gasteiger partial charge is 0.416 e. The van der Waals surface area contributed by atoms with E-state index in [4.69, 9.17) is 25.8 Å². The summed E-state index contributed by atoms with van der Waals surface area (Å²) < 4.78 is 53.9. The highest BCUT2D eigenvalue weighted by molar-refractivity contribution is 6.30. The zero-order valence-electron chi connectivity index (χ0n) is 17.3. The highest BCUT2D eigenvalue weighted by Gasteiger charge is 2.30. The second kappa shape index (κ2) is 10.4. The molecule has 0 bridgehead atoms. The summed E-state index contributed by atoms with van der Waals surface area (Å²) in [5.41, 5.74) is -0.404. The number of alkyl halides is 3. The minimum atomic E-state index is -4.42. The van der Waals surface area contributed by atoms with E-state index in [-0.39, 0.29) is 11.5 Å². The van der Waals surface area contributed by atoms with E-state index in [0.29, 0.717) is 22.1 Å². The summed E-state index contributed by atoms with van der Waals surface area (Å²) in [6.07, 6.45) is -5.40. The Morgan fingerprint density at radius 3 is 1.91 bits per heavy atom. The number of Topliss-reactive ketones (excluding diaryl/α,β-unsaturated/α-hetero) is 1. The first-order valence-corrected chi connectivity index (χ1v) is 10.1. The van der Waals surface area contributed by atoms with E-state index in [2.05, 4.69) is 0 Å². The molecule has 1 unspecified atom stereocenters. The highest BCUT2D eigenvalue weighted by Crippen LogP contribution is 2.31. The molecule has 0 fully saturated rings. The molecule has 0 aromatic heterocycles. The molecule has 0 aliphatic heterocycles. The van der Waals surface area contributed by atoms with Gasteiger partial charge in [0.25, 0.3) is 0 Å². The lowest BCUT2D eigenvalue weighted by molar-refractivity contribution is -0.149. The van der Waals surface area contributed by atoms with E-state index in [1.807, 2.05) is 0 Å². The zero-order valence-corrected chi connectivity index (χ0v) is 18.0. The Kier molecular flexibility index (Phi) is 7.60. The Bertz CT molecular complexity index is 1090. The number of hydrogen-bond donors (Lipinski definition) is 0. The molecule has 0 saturated heterocycles. The Morgan fingerprint density at radius 1 is 0.848 bits per heavy atom. The predicted molar refractivity (Wildman–Crippen MR) is 115 cm³/mol. The van der Waals surface area contributed by atoms with E-state index >= 15 is 0 Å². The van der Waals surface area contributed by atoms with Crippen LogP contribution >= 0.6 is 11.6 Å². The Labute approximate surface area is 192 Å². The molecule has 0 radical (unpaired) electrons.